The number of benzene rings is 3. The molecule has 0 bridgehead atoms. The molecule has 1 saturated heterocycles. The first-order chi connectivity index (χ1) is 16.7. The zero-order valence-electron chi connectivity index (χ0n) is 19.5. The van der Waals surface area contributed by atoms with Gasteiger partial charge in [0.1, 0.15) is 11.6 Å². The number of anilines is 1. The zero-order valence-corrected chi connectivity index (χ0v) is 19.5. The molecule has 7 heteroatoms. The maximum absolute atomic E-state index is 5.67. The van der Waals surface area contributed by atoms with E-state index in [-0.39, 0.29) is 0 Å². The Morgan fingerprint density at radius 3 is 2.47 bits per heavy atom. The molecule has 5 aromatic rings. The van der Waals surface area contributed by atoms with Gasteiger partial charge in [-0.25, -0.2) is 9.97 Å². The second-order valence-electron chi connectivity index (χ2n) is 8.80. The largest absolute Gasteiger partial charge is 0.494 e. The summed E-state index contributed by atoms with van der Waals surface area (Å²) in [6.45, 7) is 6.87. The van der Waals surface area contributed by atoms with E-state index in [0.29, 0.717) is 6.61 Å². The Morgan fingerprint density at radius 2 is 1.68 bits per heavy atom. The lowest BCUT2D eigenvalue weighted by molar-refractivity contribution is 0.313. The second kappa shape index (κ2) is 8.50. The highest BCUT2D eigenvalue weighted by Gasteiger charge is 2.19. The van der Waals surface area contributed by atoms with E-state index in [9.17, 15) is 0 Å². The minimum absolute atomic E-state index is 0.651. The number of nitrogens with zero attached hydrogens (tertiary/aromatic N) is 5. The molecule has 34 heavy (non-hydrogen) atoms. The number of nitrogens with one attached hydrogen (secondary N) is 1. The molecule has 1 aliphatic heterocycles. The van der Waals surface area contributed by atoms with Crippen molar-refractivity contribution in [2.75, 3.05) is 44.7 Å². The monoisotopic (exact) mass is 452 g/mol. The van der Waals surface area contributed by atoms with E-state index in [1.807, 2.05) is 25.1 Å². The summed E-state index contributed by atoms with van der Waals surface area (Å²) in [5.74, 6) is 1.78. The van der Waals surface area contributed by atoms with Crippen LogP contribution < -0.4 is 9.64 Å². The minimum Gasteiger partial charge on any atom is -0.494 e. The van der Waals surface area contributed by atoms with Crippen molar-refractivity contribution in [1.82, 2.24) is 24.4 Å². The molecule has 0 radical (unpaired) electrons. The number of aromatic amines is 1. The van der Waals surface area contributed by atoms with Gasteiger partial charge in [-0.05, 0) is 74.6 Å². The Hall–Kier alpha value is -3.84. The molecular formula is C27H28N6O. The third kappa shape index (κ3) is 3.68. The van der Waals surface area contributed by atoms with Gasteiger partial charge in [-0.15, -0.1) is 0 Å². The van der Waals surface area contributed by atoms with Crippen LogP contribution in [0.15, 0.2) is 67.0 Å². The normalized spacial score (nSPS) is 14.8. The number of fused-ring (bicyclic) bond motifs is 2. The van der Waals surface area contributed by atoms with Crippen molar-refractivity contribution >= 4 is 27.8 Å². The lowest BCUT2D eigenvalue weighted by Gasteiger charge is -2.34. The summed E-state index contributed by atoms with van der Waals surface area (Å²) in [4.78, 5) is 17.6. The fraction of sp³-hybridized carbons (Fsp3) is 0.259. The van der Waals surface area contributed by atoms with Gasteiger partial charge in [0.15, 0.2) is 0 Å². The van der Waals surface area contributed by atoms with E-state index in [4.69, 9.17) is 9.72 Å². The fourth-order valence-corrected chi connectivity index (χ4v) is 4.72. The fourth-order valence-electron chi connectivity index (χ4n) is 4.72. The van der Waals surface area contributed by atoms with Gasteiger partial charge in [-0.3, -0.25) is 4.57 Å². The Morgan fingerprint density at radius 1 is 0.882 bits per heavy atom. The van der Waals surface area contributed by atoms with Crippen molar-refractivity contribution in [3.63, 3.8) is 0 Å². The van der Waals surface area contributed by atoms with Crippen molar-refractivity contribution in [2.24, 2.45) is 0 Å². The van der Waals surface area contributed by atoms with E-state index in [1.54, 1.807) is 6.33 Å². The van der Waals surface area contributed by atoms with E-state index < -0.39 is 0 Å². The third-order valence-corrected chi connectivity index (χ3v) is 6.59. The molecule has 0 unspecified atom stereocenters. The molecule has 2 aromatic heterocycles. The summed E-state index contributed by atoms with van der Waals surface area (Å²) in [6, 6.07) is 21.1. The summed E-state index contributed by atoms with van der Waals surface area (Å²) in [7, 11) is 2.18. The molecule has 0 atom stereocenters. The first-order valence-corrected chi connectivity index (χ1v) is 11.8. The molecule has 3 heterocycles. The standard InChI is InChI=1S/C27H28N6O/c1-3-34-22-8-5-20(6-9-22)33-26-11-7-21(32-14-12-31(2)13-15-32)17-25(26)30-27(33)19-4-10-23-24(16-19)29-18-28-23/h4-11,16-18H,3,12-15H2,1-2H3,(H,28,29). The first-order valence-electron chi connectivity index (χ1n) is 11.8. The smallest absolute Gasteiger partial charge is 0.145 e. The van der Waals surface area contributed by atoms with Crippen molar-refractivity contribution in [2.45, 2.75) is 6.92 Å². The van der Waals surface area contributed by atoms with Crippen molar-refractivity contribution < 1.29 is 4.74 Å². The minimum atomic E-state index is 0.651. The number of rotatable bonds is 5. The van der Waals surface area contributed by atoms with Crippen molar-refractivity contribution in [3.05, 3.63) is 67.0 Å². The maximum Gasteiger partial charge on any atom is 0.145 e. The zero-order chi connectivity index (χ0) is 23.1. The van der Waals surface area contributed by atoms with E-state index in [0.717, 1.165) is 71.1 Å². The topological polar surface area (TPSA) is 62.2 Å². The number of hydrogen-bond donors (Lipinski definition) is 1. The number of hydrogen-bond acceptors (Lipinski definition) is 5. The van der Waals surface area contributed by atoms with Gasteiger partial charge >= 0.3 is 0 Å². The van der Waals surface area contributed by atoms with E-state index in [1.165, 1.54) is 5.69 Å². The van der Waals surface area contributed by atoms with Gasteiger partial charge in [0.2, 0.25) is 0 Å². The van der Waals surface area contributed by atoms with Crippen LogP contribution in [-0.2, 0) is 0 Å². The lowest BCUT2D eigenvalue weighted by Crippen LogP contribution is -2.44. The molecule has 1 aliphatic rings. The van der Waals surface area contributed by atoms with Gasteiger partial charge in [0, 0.05) is 43.1 Å². The third-order valence-electron chi connectivity index (χ3n) is 6.59. The summed E-state index contributed by atoms with van der Waals surface area (Å²) in [5, 5.41) is 0. The number of imidazole rings is 2. The highest BCUT2D eigenvalue weighted by atomic mass is 16.5. The van der Waals surface area contributed by atoms with E-state index >= 15 is 0 Å². The summed E-state index contributed by atoms with van der Waals surface area (Å²) < 4.78 is 7.90. The van der Waals surface area contributed by atoms with Crippen LogP contribution in [-0.4, -0.2) is 64.3 Å². The van der Waals surface area contributed by atoms with Crippen LogP contribution in [0.2, 0.25) is 0 Å². The highest BCUT2D eigenvalue weighted by molar-refractivity contribution is 5.88. The molecule has 0 aliphatic carbocycles. The highest BCUT2D eigenvalue weighted by Crippen LogP contribution is 2.32. The molecule has 0 saturated carbocycles. The lowest BCUT2D eigenvalue weighted by atomic mass is 10.2. The van der Waals surface area contributed by atoms with Crippen molar-refractivity contribution in [1.29, 1.82) is 0 Å². The quantitative estimate of drug-likeness (QED) is 0.418. The predicted octanol–water partition coefficient (Wildman–Crippen LogP) is 4.72. The molecule has 3 aromatic carbocycles. The number of H-pyrrole nitrogens is 1. The van der Waals surface area contributed by atoms with Crippen LogP contribution in [0, 0.1) is 0 Å². The van der Waals surface area contributed by atoms with Crippen LogP contribution in [0.25, 0.3) is 39.1 Å². The van der Waals surface area contributed by atoms with Crippen LogP contribution >= 0.6 is 0 Å². The molecule has 0 amide bonds. The molecule has 1 fully saturated rings. The van der Waals surface area contributed by atoms with Crippen molar-refractivity contribution in [3.8, 4) is 22.8 Å². The summed E-state index contributed by atoms with van der Waals surface area (Å²) in [6.07, 6.45) is 1.73. The molecule has 7 nitrogen and oxygen atoms in total. The average Bonchev–Trinajstić information content (AvgIpc) is 3.49. The van der Waals surface area contributed by atoms with Gasteiger partial charge in [0.05, 0.1) is 35.0 Å². The first kappa shape index (κ1) is 20.7. The molecule has 1 N–H and O–H groups in total. The Labute approximate surface area is 198 Å². The van der Waals surface area contributed by atoms with Crippen LogP contribution in [0.5, 0.6) is 5.75 Å². The number of piperazine rings is 1. The van der Waals surface area contributed by atoms with Crippen LogP contribution in [0.3, 0.4) is 0 Å². The second-order valence-corrected chi connectivity index (χ2v) is 8.80. The summed E-state index contributed by atoms with van der Waals surface area (Å²) >= 11 is 0. The van der Waals surface area contributed by atoms with Crippen LogP contribution in [0.4, 0.5) is 5.69 Å². The number of likely N-dealkylation sites (N-methyl/N-ethyl adjacent to an activating group) is 1. The van der Waals surface area contributed by atoms with Crippen LogP contribution in [0.1, 0.15) is 6.92 Å². The Bertz CT molecular complexity index is 1440. The summed E-state index contributed by atoms with van der Waals surface area (Å²) in [5.41, 5.74) is 7.35. The number of aromatic nitrogens is 4. The van der Waals surface area contributed by atoms with Gasteiger partial charge in [0.25, 0.3) is 0 Å². The molecular weight excluding hydrogens is 424 g/mol. The predicted molar refractivity (Wildman–Crippen MR) is 137 cm³/mol. The molecule has 172 valence electrons. The number of ether oxygens (including phenoxy) is 1. The van der Waals surface area contributed by atoms with Gasteiger partial charge in [-0.2, -0.15) is 0 Å². The SMILES string of the molecule is CCOc1ccc(-n2c(-c3ccc4nc[nH]c4c3)nc3cc(N4CCN(C)CC4)ccc32)cc1. The van der Waals surface area contributed by atoms with Gasteiger partial charge in [-0.1, -0.05) is 0 Å². The Kier molecular flexibility index (Phi) is 5.19. The average molecular weight is 453 g/mol. The van der Waals surface area contributed by atoms with E-state index in [2.05, 4.69) is 73.8 Å². The maximum atomic E-state index is 5.67. The Balaban J connectivity index is 1.49. The molecule has 6 rings (SSSR count). The van der Waals surface area contributed by atoms with Gasteiger partial charge < -0.3 is 19.5 Å². The molecule has 0 spiro atoms.